The molecule has 136 valence electrons. The number of piperidine rings is 1. The molecule has 0 radical (unpaired) electrons. The standard InChI is InChI=1S/C24H24N2O/c1-26-22(18-11-5-2-6-12-18)17-21(25-27)23(19-13-7-3-8-14-19)24(26)20-15-9-4-10-16-20/h2-16,22-24,27H,17H2,1H3/b25-21+. The number of rotatable bonds is 3. The maximum absolute atomic E-state index is 9.91. The van der Waals surface area contributed by atoms with Crippen LogP contribution in [-0.2, 0) is 0 Å². The minimum atomic E-state index is 0.0172. The van der Waals surface area contributed by atoms with Gasteiger partial charge in [-0.05, 0) is 23.7 Å². The van der Waals surface area contributed by atoms with Crippen molar-refractivity contribution >= 4 is 5.71 Å². The maximum Gasteiger partial charge on any atom is 0.0683 e. The van der Waals surface area contributed by atoms with Crippen LogP contribution in [0.25, 0.3) is 0 Å². The van der Waals surface area contributed by atoms with E-state index in [-0.39, 0.29) is 18.0 Å². The summed E-state index contributed by atoms with van der Waals surface area (Å²) in [6, 6.07) is 31.7. The molecular weight excluding hydrogens is 332 g/mol. The molecule has 1 N–H and O–H groups in total. The third-order valence-electron chi connectivity index (χ3n) is 5.62. The lowest BCUT2D eigenvalue weighted by molar-refractivity contribution is 0.144. The van der Waals surface area contributed by atoms with Crippen LogP contribution in [0.1, 0.15) is 41.1 Å². The third-order valence-corrected chi connectivity index (χ3v) is 5.62. The van der Waals surface area contributed by atoms with Crippen molar-refractivity contribution in [3.63, 3.8) is 0 Å². The second-order valence-corrected chi connectivity index (χ2v) is 7.13. The Hall–Kier alpha value is -2.91. The lowest BCUT2D eigenvalue weighted by Crippen LogP contribution is -2.42. The summed E-state index contributed by atoms with van der Waals surface area (Å²) in [6.07, 6.45) is 0.708. The second kappa shape index (κ2) is 7.77. The molecule has 1 fully saturated rings. The Labute approximate surface area is 160 Å². The monoisotopic (exact) mass is 356 g/mol. The third kappa shape index (κ3) is 3.38. The molecule has 0 aliphatic carbocycles. The van der Waals surface area contributed by atoms with Gasteiger partial charge in [0.2, 0.25) is 0 Å². The van der Waals surface area contributed by atoms with E-state index in [0.29, 0.717) is 6.42 Å². The summed E-state index contributed by atoms with van der Waals surface area (Å²) in [7, 11) is 2.18. The van der Waals surface area contributed by atoms with Crippen molar-refractivity contribution in [2.75, 3.05) is 7.05 Å². The van der Waals surface area contributed by atoms with Gasteiger partial charge in [-0.3, -0.25) is 4.90 Å². The summed E-state index contributed by atoms with van der Waals surface area (Å²) in [4.78, 5) is 2.43. The number of likely N-dealkylation sites (N-methyl/N-ethyl adjacent to an activating group) is 1. The van der Waals surface area contributed by atoms with Crippen LogP contribution in [-0.4, -0.2) is 22.9 Å². The summed E-state index contributed by atoms with van der Waals surface area (Å²) < 4.78 is 0. The molecule has 1 heterocycles. The molecule has 0 spiro atoms. The van der Waals surface area contributed by atoms with Gasteiger partial charge in [-0.15, -0.1) is 0 Å². The quantitative estimate of drug-likeness (QED) is 0.502. The van der Waals surface area contributed by atoms with E-state index in [2.05, 4.69) is 89.9 Å². The van der Waals surface area contributed by atoms with Crippen molar-refractivity contribution in [2.24, 2.45) is 5.16 Å². The van der Waals surface area contributed by atoms with E-state index in [1.54, 1.807) is 0 Å². The molecule has 1 saturated heterocycles. The maximum atomic E-state index is 9.91. The zero-order valence-corrected chi connectivity index (χ0v) is 15.4. The minimum absolute atomic E-state index is 0.0172. The highest BCUT2D eigenvalue weighted by Gasteiger charge is 2.41. The van der Waals surface area contributed by atoms with Gasteiger partial charge in [-0.25, -0.2) is 0 Å². The second-order valence-electron chi connectivity index (χ2n) is 7.13. The molecule has 27 heavy (non-hydrogen) atoms. The van der Waals surface area contributed by atoms with Crippen molar-refractivity contribution in [1.82, 2.24) is 4.90 Å². The van der Waals surface area contributed by atoms with Gasteiger partial charge < -0.3 is 5.21 Å². The predicted octanol–water partition coefficient (Wildman–Crippen LogP) is 5.42. The first-order valence-corrected chi connectivity index (χ1v) is 9.37. The minimum Gasteiger partial charge on any atom is -0.411 e. The van der Waals surface area contributed by atoms with Gasteiger partial charge >= 0.3 is 0 Å². The first kappa shape index (κ1) is 17.5. The molecule has 0 aromatic heterocycles. The average molecular weight is 356 g/mol. The number of benzene rings is 3. The SMILES string of the molecule is CN1C(c2ccccc2)C/C(=N\O)C(c2ccccc2)C1c1ccccc1. The van der Waals surface area contributed by atoms with Gasteiger partial charge in [0.15, 0.2) is 0 Å². The Kier molecular flexibility index (Phi) is 5.03. The fourth-order valence-electron chi connectivity index (χ4n) is 4.32. The van der Waals surface area contributed by atoms with E-state index in [1.165, 1.54) is 16.7 Å². The molecule has 0 bridgehead atoms. The molecule has 3 atom stereocenters. The lowest BCUT2D eigenvalue weighted by Gasteiger charge is -2.45. The predicted molar refractivity (Wildman–Crippen MR) is 109 cm³/mol. The van der Waals surface area contributed by atoms with Crippen molar-refractivity contribution in [3.05, 3.63) is 108 Å². The molecule has 0 saturated carbocycles. The highest BCUT2D eigenvalue weighted by molar-refractivity contribution is 5.93. The summed E-state index contributed by atoms with van der Waals surface area (Å²) in [5.74, 6) is 0.0172. The van der Waals surface area contributed by atoms with Crippen LogP contribution in [0.4, 0.5) is 0 Å². The van der Waals surface area contributed by atoms with Crippen molar-refractivity contribution in [2.45, 2.75) is 24.4 Å². The first-order valence-electron chi connectivity index (χ1n) is 9.37. The van der Waals surface area contributed by atoms with Gasteiger partial charge in [0.1, 0.15) is 0 Å². The van der Waals surface area contributed by atoms with Crippen molar-refractivity contribution in [1.29, 1.82) is 0 Å². The normalized spacial score (nSPS) is 24.8. The number of oxime groups is 1. The van der Waals surface area contributed by atoms with Gasteiger partial charge in [0.05, 0.1) is 5.71 Å². The first-order chi connectivity index (χ1) is 13.3. The highest BCUT2D eigenvalue weighted by atomic mass is 16.4. The lowest BCUT2D eigenvalue weighted by atomic mass is 9.75. The van der Waals surface area contributed by atoms with Crippen molar-refractivity contribution in [3.8, 4) is 0 Å². The van der Waals surface area contributed by atoms with Crippen LogP contribution >= 0.6 is 0 Å². The van der Waals surface area contributed by atoms with E-state index >= 15 is 0 Å². The van der Waals surface area contributed by atoms with Gasteiger partial charge in [0, 0.05) is 24.4 Å². The van der Waals surface area contributed by atoms with E-state index < -0.39 is 0 Å². The van der Waals surface area contributed by atoms with Crippen molar-refractivity contribution < 1.29 is 5.21 Å². The van der Waals surface area contributed by atoms with Gasteiger partial charge in [-0.2, -0.15) is 0 Å². The van der Waals surface area contributed by atoms with E-state index in [4.69, 9.17) is 0 Å². The number of hydrogen-bond acceptors (Lipinski definition) is 3. The van der Waals surface area contributed by atoms with Crippen LogP contribution in [0.2, 0.25) is 0 Å². The molecular formula is C24H24N2O. The van der Waals surface area contributed by atoms with E-state index in [9.17, 15) is 5.21 Å². The Morgan fingerprint density at radius 1 is 0.741 bits per heavy atom. The van der Waals surface area contributed by atoms with Crippen LogP contribution in [0.3, 0.4) is 0 Å². The molecule has 1 aliphatic rings. The zero-order chi connectivity index (χ0) is 18.6. The van der Waals surface area contributed by atoms with Crippen LogP contribution in [0.15, 0.2) is 96.2 Å². The molecule has 3 aromatic rings. The fraction of sp³-hybridized carbons (Fsp3) is 0.208. The number of hydrogen-bond donors (Lipinski definition) is 1. The molecule has 0 amide bonds. The van der Waals surface area contributed by atoms with Gasteiger partial charge in [-0.1, -0.05) is 96.2 Å². The van der Waals surface area contributed by atoms with E-state index in [0.717, 1.165) is 5.71 Å². The molecule has 3 aromatic carbocycles. The fourth-order valence-corrected chi connectivity index (χ4v) is 4.32. The molecule has 3 nitrogen and oxygen atoms in total. The zero-order valence-electron chi connectivity index (χ0n) is 15.4. The number of likely N-dealkylation sites (tertiary alicyclic amines) is 1. The van der Waals surface area contributed by atoms with Crippen LogP contribution in [0.5, 0.6) is 0 Å². The average Bonchev–Trinajstić information content (AvgIpc) is 2.75. The Morgan fingerprint density at radius 2 is 1.22 bits per heavy atom. The molecule has 3 unspecified atom stereocenters. The smallest absolute Gasteiger partial charge is 0.0683 e. The van der Waals surface area contributed by atoms with Gasteiger partial charge in [0.25, 0.3) is 0 Å². The Bertz CT molecular complexity index is 893. The Morgan fingerprint density at radius 3 is 1.74 bits per heavy atom. The van der Waals surface area contributed by atoms with Crippen LogP contribution < -0.4 is 0 Å². The summed E-state index contributed by atoms with van der Waals surface area (Å²) in [5, 5.41) is 13.7. The summed E-state index contributed by atoms with van der Waals surface area (Å²) in [6.45, 7) is 0. The molecule has 3 heteroatoms. The topological polar surface area (TPSA) is 35.8 Å². The molecule has 4 rings (SSSR count). The van der Waals surface area contributed by atoms with E-state index in [1.807, 2.05) is 18.2 Å². The number of nitrogens with zero attached hydrogens (tertiary/aromatic N) is 2. The summed E-state index contributed by atoms with van der Waals surface area (Å²) in [5.41, 5.74) is 4.49. The summed E-state index contributed by atoms with van der Waals surface area (Å²) >= 11 is 0. The largest absolute Gasteiger partial charge is 0.411 e. The highest BCUT2D eigenvalue weighted by Crippen LogP contribution is 2.47. The van der Waals surface area contributed by atoms with Crippen LogP contribution in [0, 0.1) is 0 Å². The molecule has 1 aliphatic heterocycles. The Balaban J connectivity index is 1.84.